The number of carbonyl (C=O) groups excluding carboxylic acids is 1. The van der Waals surface area contributed by atoms with Crippen molar-refractivity contribution in [1.29, 1.82) is 0 Å². The van der Waals surface area contributed by atoms with Crippen LogP contribution >= 0.6 is 11.3 Å². The number of benzene rings is 2. The number of pyridine rings is 1. The molecular formula is C25H21N5OS. The van der Waals surface area contributed by atoms with Gasteiger partial charge in [0.15, 0.2) is 0 Å². The van der Waals surface area contributed by atoms with E-state index in [0.717, 1.165) is 39.8 Å². The lowest BCUT2D eigenvalue weighted by Crippen LogP contribution is -2.38. The van der Waals surface area contributed by atoms with Gasteiger partial charge >= 0.3 is 0 Å². The number of aromatic nitrogens is 4. The fourth-order valence-electron chi connectivity index (χ4n) is 4.81. The predicted octanol–water partition coefficient (Wildman–Crippen LogP) is 5.00. The lowest BCUT2D eigenvalue weighted by molar-refractivity contribution is 0.0674. The molecular weight excluding hydrogens is 418 g/mol. The van der Waals surface area contributed by atoms with Crippen molar-refractivity contribution in [2.75, 3.05) is 6.54 Å². The minimum absolute atomic E-state index is 0.0303. The van der Waals surface area contributed by atoms with Crippen molar-refractivity contribution >= 4 is 38.4 Å². The molecule has 32 heavy (non-hydrogen) atoms. The van der Waals surface area contributed by atoms with E-state index in [4.69, 9.17) is 5.10 Å². The van der Waals surface area contributed by atoms with Gasteiger partial charge in [0.1, 0.15) is 0 Å². The maximum atomic E-state index is 13.4. The standard InChI is InChI=1S/C25H21N5OS/c1-15-22-19(24(29(2)28-22)18-6-3-7-21-23(18)27-14-32-21)10-12-30(15)25(31)17-8-9-20-16(13-17)5-4-11-26-20/h3-9,11,13-15H,10,12H2,1-2H3/t15-/m0/s1. The smallest absolute Gasteiger partial charge is 0.254 e. The molecule has 1 amide bonds. The van der Waals surface area contributed by atoms with Crippen LogP contribution in [0.2, 0.25) is 0 Å². The number of amides is 1. The summed E-state index contributed by atoms with van der Waals surface area (Å²) >= 11 is 1.65. The zero-order valence-corrected chi connectivity index (χ0v) is 18.6. The molecule has 158 valence electrons. The van der Waals surface area contributed by atoms with Crippen LogP contribution in [0.25, 0.3) is 32.4 Å². The molecule has 0 bridgehead atoms. The van der Waals surface area contributed by atoms with Crippen LogP contribution in [0, 0.1) is 0 Å². The van der Waals surface area contributed by atoms with Gasteiger partial charge in [0, 0.05) is 41.9 Å². The van der Waals surface area contributed by atoms with E-state index in [1.54, 1.807) is 17.5 Å². The van der Waals surface area contributed by atoms with E-state index in [1.165, 1.54) is 10.3 Å². The van der Waals surface area contributed by atoms with Gasteiger partial charge in [-0.25, -0.2) is 4.98 Å². The topological polar surface area (TPSA) is 63.9 Å². The molecule has 4 heterocycles. The third-order valence-electron chi connectivity index (χ3n) is 6.37. The molecule has 7 heteroatoms. The van der Waals surface area contributed by atoms with E-state index >= 15 is 0 Å². The number of carbonyl (C=O) groups is 1. The maximum Gasteiger partial charge on any atom is 0.254 e. The summed E-state index contributed by atoms with van der Waals surface area (Å²) in [6.07, 6.45) is 2.53. The summed E-state index contributed by atoms with van der Waals surface area (Å²) < 4.78 is 3.12. The molecule has 0 radical (unpaired) electrons. The van der Waals surface area contributed by atoms with E-state index in [0.29, 0.717) is 12.1 Å². The quantitative estimate of drug-likeness (QED) is 0.388. The molecule has 0 N–H and O–H groups in total. The van der Waals surface area contributed by atoms with Crippen molar-refractivity contribution in [2.45, 2.75) is 19.4 Å². The average molecular weight is 440 g/mol. The highest BCUT2D eigenvalue weighted by Gasteiger charge is 2.33. The van der Waals surface area contributed by atoms with Crippen molar-refractivity contribution in [2.24, 2.45) is 7.05 Å². The van der Waals surface area contributed by atoms with Crippen LogP contribution in [-0.2, 0) is 13.5 Å². The Bertz CT molecular complexity index is 1500. The third kappa shape index (κ3) is 2.85. The number of aryl methyl sites for hydroxylation is 1. The lowest BCUT2D eigenvalue weighted by Gasteiger charge is -2.33. The second-order valence-electron chi connectivity index (χ2n) is 8.18. The van der Waals surface area contributed by atoms with E-state index in [-0.39, 0.29) is 11.9 Å². The molecule has 0 saturated carbocycles. The van der Waals surface area contributed by atoms with Crippen molar-refractivity contribution in [1.82, 2.24) is 24.6 Å². The summed E-state index contributed by atoms with van der Waals surface area (Å²) in [6, 6.07) is 15.8. The minimum Gasteiger partial charge on any atom is -0.330 e. The monoisotopic (exact) mass is 439 g/mol. The van der Waals surface area contributed by atoms with Crippen molar-refractivity contribution in [3.63, 3.8) is 0 Å². The third-order valence-corrected chi connectivity index (χ3v) is 7.16. The molecule has 6 nitrogen and oxygen atoms in total. The summed E-state index contributed by atoms with van der Waals surface area (Å²) in [5.74, 6) is 0.0303. The highest BCUT2D eigenvalue weighted by molar-refractivity contribution is 7.16. The first kappa shape index (κ1) is 19.1. The zero-order chi connectivity index (χ0) is 21.8. The Morgan fingerprint density at radius 2 is 2.03 bits per heavy atom. The van der Waals surface area contributed by atoms with Crippen LogP contribution in [0.1, 0.15) is 34.6 Å². The van der Waals surface area contributed by atoms with E-state index < -0.39 is 0 Å². The van der Waals surface area contributed by atoms with Crippen LogP contribution in [0.4, 0.5) is 0 Å². The molecule has 3 aromatic heterocycles. The summed E-state index contributed by atoms with van der Waals surface area (Å²) in [5, 5.41) is 5.84. The first-order chi connectivity index (χ1) is 15.6. The number of hydrogen-bond acceptors (Lipinski definition) is 5. The van der Waals surface area contributed by atoms with Crippen molar-refractivity contribution < 1.29 is 4.79 Å². The molecule has 1 atom stereocenters. The van der Waals surface area contributed by atoms with Gasteiger partial charge in [0.25, 0.3) is 5.91 Å². The van der Waals surface area contributed by atoms with Gasteiger partial charge in [0.2, 0.25) is 0 Å². The Morgan fingerprint density at radius 3 is 2.94 bits per heavy atom. The maximum absolute atomic E-state index is 13.4. The lowest BCUT2D eigenvalue weighted by atomic mass is 9.94. The summed E-state index contributed by atoms with van der Waals surface area (Å²) in [6.45, 7) is 2.72. The fourth-order valence-corrected chi connectivity index (χ4v) is 5.51. The first-order valence-electron chi connectivity index (χ1n) is 10.7. The van der Waals surface area contributed by atoms with Crippen LogP contribution in [-0.4, -0.2) is 37.1 Å². The number of thiazole rings is 1. The van der Waals surface area contributed by atoms with Gasteiger partial charge < -0.3 is 4.90 Å². The molecule has 0 unspecified atom stereocenters. The Balaban J connectivity index is 1.38. The molecule has 0 spiro atoms. The molecule has 1 aliphatic heterocycles. The SMILES string of the molecule is C[C@H]1c2nn(C)c(-c3cccc4scnc34)c2CCN1C(=O)c1ccc2ncccc2c1. The van der Waals surface area contributed by atoms with E-state index in [2.05, 4.69) is 35.1 Å². The first-order valence-corrected chi connectivity index (χ1v) is 11.5. The van der Waals surface area contributed by atoms with Gasteiger partial charge in [-0.1, -0.05) is 18.2 Å². The van der Waals surface area contributed by atoms with Crippen molar-refractivity contribution in [3.05, 3.63) is 77.1 Å². The number of fused-ring (bicyclic) bond motifs is 3. The van der Waals surface area contributed by atoms with Crippen LogP contribution in [0.3, 0.4) is 0 Å². The minimum atomic E-state index is -0.106. The van der Waals surface area contributed by atoms with Gasteiger partial charge in [-0.15, -0.1) is 11.3 Å². The normalized spacial score (nSPS) is 15.9. The Labute approximate surface area is 189 Å². The molecule has 1 aliphatic rings. The number of para-hydroxylation sites is 1. The molecule has 2 aromatic carbocycles. The highest BCUT2D eigenvalue weighted by atomic mass is 32.1. The van der Waals surface area contributed by atoms with Crippen molar-refractivity contribution in [3.8, 4) is 11.3 Å². The fraction of sp³-hybridized carbons (Fsp3) is 0.200. The van der Waals surface area contributed by atoms with E-state index in [1.807, 2.05) is 52.5 Å². The molecule has 0 aliphatic carbocycles. The Hall–Kier alpha value is -3.58. The molecule has 0 fully saturated rings. The molecule has 6 rings (SSSR count). The summed E-state index contributed by atoms with van der Waals surface area (Å²) in [7, 11) is 1.98. The zero-order valence-electron chi connectivity index (χ0n) is 17.8. The van der Waals surface area contributed by atoms with E-state index in [9.17, 15) is 4.79 Å². The number of nitrogens with zero attached hydrogens (tertiary/aromatic N) is 5. The summed E-state index contributed by atoms with van der Waals surface area (Å²) in [5.41, 5.74) is 8.87. The predicted molar refractivity (Wildman–Crippen MR) is 127 cm³/mol. The highest BCUT2D eigenvalue weighted by Crippen LogP contribution is 2.38. The van der Waals surface area contributed by atoms with Gasteiger partial charge in [-0.2, -0.15) is 5.10 Å². The largest absolute Gasteiger partial charge is 0.330 e. The van der Waals surface area contributed by atoms with Gasteiger partial charge in [-0.05, 0) is 43.7 Å². The number of hydrogen-bond donors (Lipinski definition) is 0. The summed E-state index contributed by atoms with van der Waals surface area (Å²) in [4.78, 5) is 24.3. The molecule has 5 aromatic rings. The second kappa shape index (κ2) is 7.24. The number of rotatable bonds is 2. The Morgan fingerprint density at radius 1 is 1.12 bits per heavy atom. The van der Waals surface area contributed by atoms with Crippen LogP contribution in [0.15, 0.2) is 60.2 Å². The van der Waals surface area contributed by atoms with Gasteiger partial charge in [-0.3, -0.25) is 14.5 Å². The van der Waals surface area contributed by atoms with Crippen LogP contribution < -0.4 is 0 Å². The second-order valence-corrected chi connectivity index (χ2v) is 9.06. The Kier molecular flexibility index (Phi) is 4.33. The molecule has 0 saturated heterocycles. The average Bonchev–Trinajstić information content (AvgIpc) is 3.43. The van der Waals surface area contributed by atoms with Crippen LogP contribution in [0.5, 0.6) is 0 Å². The van der Waals surface area contributed by atoms with Gasteiger partial charge in [0.05, 0.1) is 38.7 Å².